The first-order valence-electron chi connectivity index (χ1n) is 6.54. The number of ether oxygens (including phenoxy) is 1. The van der Waals surface area contributed by atoms with Crippen molar-refractivity contribution in [3.05, 3.63) is 34.4 Å². The second kappa shape index (κ2) is 5.79. The van der Waals surface area contributed by atoms with Crippen LogP contribution in [0.2, 0.25) is 0 Å². The summed E-state index contributed by atoms with van der Waals surface area (Å²) in [6.07, 6.45) is 1.88. The van der Waals surface area contributed by atoms with Crippen molar-refractivity contribution >= 4 is 11.6 Å². The normalized spacial score (nSPS) is 16.4. The fourth-order valence-corrected chi connectivity index (χ4v) is 2.02. The van der Waals surface area contributed by atoms with E-state index < -0.39 is 10.5 Å². The van der Waals surface area contributed by atoms with E-state index in [4.69, 9.17) is 10.00 Å². The van der Waals surface area contributed by atoms with Crippen LogP contribution in [0, 0.1) is 27.4 Å². The molecule has 1 amide bonds. The Labute approximate surface area is 121 Å². The molecule has 1 atom stereocenters. The number of carbonyl (C=O) groups is 1. The molecule has 0 aromatic heterocycles. The highest BCUT2D eigenvalue weighted by Gasteiger charge is 2.43. The van der Waals surface area contributed by atoms with E-state index in [1.54, 1.807) is 6.92 Å². The summed E-state index contributed by atoms with van der Waals surface area (Å²) in [5.74, 6) is 0.177. The number of hydrogen-bond donors (Lipinski definition) is 1. The number of nitro groups is 1. The van der Waals surface area contributed by atoms with Crippen molar-refractivity contribution in [3.63, 3.8) is 0 Å². The molecule has 110 valence electrons. The van der Waals surface area contributed by atoms with Gasteiger partial charge in [0.2, 0.25) is 0 Å². The number of hydrogen-bond acceptors (Lipinski definition) is 5. The molecule has 1 aliphatic rings. The molecule has 1 unspecified atom stereocenters. The molecule has 0 bridgehead atoms. The summed E-state index contributed by atoms with van der Waals surface area (Å²) < 4.78 is 5.25. The van der Waals surface area contributed by atoms with Crippen molar-refractivity contribution in [1.82, 2.24) is 5.32 Å². The molecule has 1 fully saturated rings. The highest BCUT2D eigenvalue weighted by Crippen LogP contribution is 2.39. The number of nitrogens with one attached hydrogen (secondary N) is 1. The van der Waals surface area contributed by atoms with Gasteiger partial charge in [0.05, 0.1) is 11.0 Å². The first-order valence-corrected chi connectivity index (χ1v) is 6.54. The minimum Gasteiger partial charge on any atom is -0.484 e. The molecule has 0 heterocycles. The monoisotopic (exact) mass is 289 g/mol. The predicted octanol–water partition coefficient (Wildman–Crippen LogP) is 1.78. The molecule has 0 aliphatic heterocycles. The molecule has 2 rings (SSSR count). The van der Waals surface area contributed by atoms with E-state index >= 15 is 0 Å². The Morgan fingerprint density at radius 1 is 1.52 bits per heavy atom. The summed E-state index contributed by atoms with van der Waals surface area (Å²) in [6, 6.07) is 7.58. The van der Waals surface area contributed by atoms with Gasteiger partial charge in [-0.2, -0.15) is 5.26 Å². The predicted molar refractivity (Wildman–Crippen MR) is 73.5 cm³/mol. The minimum atomic E-state index is -0.851. The van der Waals surface area contributed by atoms with Gasteiger partial charge in [-0.3, -0.25) is 14.9 Å². The molecule has 0 saturated heterocycles. The lowest BCUT2D eigenvalue weighted by Crippen LogP contribution is -2.48. The van der Waals surface area contributed by atoms with Crippen molar-refractivity contribution in [2.45, 2.75) is 25.3 Å². The van der Waals surface area contributed by atoms with Gasteiger partial charge in [-0.25, -0.2) is 0 Å². The molecule has 1 aromatic carbocycles. The molecule has 1 aliphatic carbocycles. The number of nitriles is 1. The molecule has 1 N–H and O–H groups in total. The maximum absolute atomic E-state index is 11.8. The SMILES string of the molecule is CC(C#N)(NC(=O)COc1ccc([N+](=O)[O-])cc1)C1CC1. The highest BCUT2D eigenvalue weighted by atomic mass is 16.6. The van der Waals surface area contributed by atoms with Crippen LogP contribution in [0.3, 0.4) is 0 Å². The van der Waals surface area contributed by atoms with E-state index in [1.807, 2.05) is 0 Å². The topological polar surface area (TPSA) is 105 Å². The second-order valence-electron chi connectivity index (χ2n) is 5.18. The van der Waals surface area contributed by atoms with Crippen molar-refractivity contribution < 1.29 is 14.5 Å². The summed E-state index contributed by atoms with van der Waals surface area (Å²) in [5.41, 5.74) is -0.895. The van der Waals surface area contributed by atoms with E-state index in [0.29, 0.717) is 5.75 Å². The summed E-state index contributed by atoms with van der Waals surface area (Å²) in [5, 5.41) is 22.3. The highest BCUT2D eigenvalue weighted by molar-refractivity contribution is 5.79. The zero-order valence-electron chi connectivity index (χ0n) is 11.5. The van der Waals surface area contributed by atoms with Crippen molar-refractivity contribution in [2.75, 3.05) is 6.61 Å². The van der Waals surface area contributed by atoms with E-state index in [2.05, 4.69) is 11.4 Å². The van der Waals surface area contributed by atoms with Crippen LogP contribution in [0.1, 0.15) is 19.8 Å². The Kier molecular flexibility index (Phi) is 4.08. The first kappa shape index (κ1) is 14.8. The maximum atomic E-state index is 11.8. The average Bonchev–Trinajstić information content (AvgIpc) is 3.30. The fraction of sp³-hybridized carbons (Fsp3) is 0.429. The molecule has 7 heteroatoms. The van der Waals surface area contributed by atoms with Crippen molar-refractivity contribution in [1.29, 1.82) is 5.26 Å². The summed E-state index contributed by atoms with van der Waals surface area (Å²) >= 11 is 0. The van der Waals surface area contributed by atoms with Crippen LogP contribution in [-0.4, -0.2) is 23.0 Å². The van der Waals surface area contributed by atoms with Gasteiger partial charge in [0.15, 0.2) is 6.61 Å². The van der Waals surface area contributed by atoms with Crippen LogP contribution in [-0.2, 0) is 4.79 Å². The quantitative estimate of drug-likeness (QED) is 0.634. The van der Waals surface area contributed by atoms with E-state index in [9.17, 15) is 14.9 Å². The van der Waals surface area contributed by atoms with Crippen LogP contribution in [0.25, 0.3) is 0 Å². The van der Waals surface area contributed by atoms with Crippen LogP contribution in [0.5, 0.6) is 5.75 Å². The first-order chi connectivity index (χ1) is 9.94. The number of non-ortho nitro benzene ring substituents is 1. The fourth-order valence-electron chi connectivity index (χ4n) is 2.02. The number of nitro benzene ring substituents is 1. The summed E-state index contributed by atoms with van der Waals surface area (Å²) in [7, 11) is 0. The van der Waals surface area contributed by atoms with Gasteiger partial charge in [0.1, 0.15) is 11.3 Å². The third-order valence-electron chi connectivity index (χ3n) is 3.44. The number of nitrogens with zero attached hydrogens (tertiary/aromatic N) is 2. The van der Waals surface area contributed by atoms with Gasteiger partial charge in [0, 0.05) is 12.1 Å². The van der Waals surface area contributed by atoms with Gasteiger partial charge >= 0.3 is 0 Å². The van der Waals surface area contributed by atoms with Gasteiger partial charge in [0.25, 0.3) is 11.6 Å². The average molecular weight is 289 g/mol. The molecule has 1 saturated carbocycles. The van der Waals surface area contributed by atoms with Crippen molar-refractivity contribution in [3.8, 4) is 11.8 Å². The third kappa shape index (κ3) is 3.69. The zero-order valence-corrected chi connectivity index (χ0v) is 11.5. The van der Waals surface area contributed by atoms with Gasteiger partial charge < -0.3 is 10.1 Å². The minimum absolute atomic E-state index is 0.0439. The van der Waals surface area contributed by atoms with Crippen LogP contribution < -0.4 is 10.1 Å². The standard InChI is InChI=1S/C14H15N3O4/c1-14(9-15,10-2-3-10)16-13(18)8-21-12-6-4-11(5-7-12)17(19)20/h4-7,10H,2-3,8H2,1H3,(H,16,18). The number of carbonyl (C=O) groups excluding carboxylic acids is 1. The molecule has 7 nitrogen and oxygen atoms in total. The number of amides is 1. The van der Waals surface area contributed by atoms with Crippen molar-refractivity contribution in [2.24, 2.45) is 5.92 Å². The third-order valence-corrected chi connectivity index (χ3v) is 3.44. The lowest BCUT2D eigenvalue weighted by molar-refractivity contribution is -0.384. The van der Waals surface area contributed by atoms with Gasteiger partial charge in [-0.05, 0) is 37.8 Å². The Morgan fingerprint density at radius 3 is 2.62 bits per heavy atom. The largest absolute Gasteiger partial charge is 0.484 e. The Morgan fingerprint density at radius 2 is 2.14 bits per heavy atom. The molecule has 1 aromatic rings. The van der Waals surface area contributed by atoms with Gasteiger partial charge in [-0.15, -0.1) is 0 Å². The van der Waals surface area contributed by atoms with Gasteiger partial charge in [-0.1, -0.05) is 0 Å². The molecule has 21 heavy (non-hydrogen) atoms. The second-order valence-corrected chi connectivity index (χ2v) is 5.18. The number of benzene rings is 1. The van der Waals surface area contributed by atoms with Crippen LogP contribution in [0.4, 0.5) is 5.69 Å². The summed E-state index contributed by atoms with van der Waals surface area (Å²) in [4.78, 5) is 21.8. The Bertz CT molecular complexity index is 589. The Balaban J connectivity index is 1.86. The van der Waals surface area contributed by atoms with E-state index in [1.165, 1.54) is 24.3 Å². The smallest absolute Gasteiger partial charge is 0.269 e. The summed E-state index contributed by atoms with van der Waals surface area (Å²) in [6.45, 7) is 1.47. The lowest BCUT2D eigenvalue weighted by Gasteiger charge is -2.22. The van der Waals surface area contributed by atoms with E-state index in [-0.39, 0.29) is 24.1 Å². The zero-order chi connectivity index (χ0) is 15.5. The maximum Gasteiger partial charge on any atom is 0.269 e. The van der Waals surface area contributed by atoms with E-state index in [0.717, 1.165) is 12.8 Å². The molecule has 0 spiro atoms. The number of rotatable bonds is 6. The molecular formula is C14H15N3O4. The Hall–Kier alpha value is -2.62. The molecule has 0 radical (unpaired) electrons. The van der Waals surface area contributed by atoms with Crippen LogP contribution in [0.15, 0.2) is 24.3 Å². The van der Waals surface area contributed by atoms with Crippen LogP contribution >= 0.6 is 0 Å². The molecular weight excluding hydrogens is 274 g/mol. The lowest BCUT2D eigenvalue weighted by atomic mass is 9.98.